The van der Waals surface area contributed by atoms with E-state index in [2.05, 4.69) is 24.5 Å². The number of hydrogen-bond donors (Lipinski definition) is 3. The quantitative estimate of drug-likeness (QED) is 0.585. The van der Waals surface area contributed by atoms with Crippen LogP contribution in [0.5, 0.6) is 0 Å². The SMILES string of the molecule is C[C@]12CC[C@H](NC3CCNC[C@@H]3F)C[C@H]1CC[C@@H]1[C@@H]2CC[C@]2(C)[C@@H](c3ccc(=O)oc3)CC[C@]12O. The van der Waals surface area contributed by atoms with Crippen molar-refractivity contribution in [2.45, 2.75) is 108 Å². The van der Waals surface area contributed by atoms with Crippen molar-refractivity contribution >= 4 is 0 Å². The largest absolute Gasteiger partial charge is 0.431 e. The summed E-state index contributed by atoms with van der Waals surface area (Å²) in [7, 11) is 0. The monoisotopic (exact) mass is 486 g/mol. The average Bonchev–Trinajstić information content (AvgIpc) is 3.12. The van der Waals surface area contributed by atoms with Crippen LogP contribution in [0.15, 0.2) is 27.6 Å². The molecular weight excluding hydrogens is 443 g/mol. The maximum atomic E-state index is 14.4. The van der Waals surface area contributed by atoms with Crippen LogP contribution in [0.2, 0.25) is 0 Å². The van der Waals surface area contributed by atoms with Gasteiger partial charge in [-0.15, -0.1) is 0 Å². The molecule has 1 saturated heterocycles. The third-order valence-electron chi connectivity index (χ3n) is 11.8. The van der Waals surface area contributed by atoms with E-state index in [1.807, 2.05) is 6.07 Å². The number of halogens is 1. The molecule has 4 aliphatic carbocycles. The second kappa shape index (κ2) is 8.66. The molecule has 1 unspecified atom stereocenters. The fraction of sp³-hybridized carbons (Fsp3) is 0.828. The lowest BCUT2D eigenvalue weighted by Crippen LogP contribution is -2.62. The summed E-state index contributed by atoms with van der Waals surface area (Å²) in [5.74, 6) is 1.79. The summed E-state index contributed by atoms with van der Waals surface area (Å²) in [6.45, 7) is 6.19. The Labute approximate surface area is 208 Å². The molecule has 5 aliphatic rings. The number of rotatable bonds is 3. The van der Waals surface area contributed by atoms with Crippen LogP contribution in [0.4, 0.5) is 4.39 Å². The smallest absolute Gasteiger partial charge is 0.335 e. The van der Waals surface area contributed by atoms with Gasteiger partial charge < -0.3 is 20.2 Å². The minimum atomic E-state index is -0.786. The molecule has 6 rings (SSSR count). The molecule has 1 aromatic heterocycles. The van der Waals surface area contributed by atoms with E-state index < -0.39 is 11.8 Å². The number of hydrogen-bond acceptors (Lipinski definition) is 5. The highest BCUT2D eigenvalue weighted by atomic mass is 19.1. The van der Waals surface area contributed by atoms with Crippen molar-refractivity contribution in [3.05, 3.63) is 34.4 Å². The van der Waals surface area contributed by atoms with Gasteiger partial charge >= 0.3 is 5.63 Å². The van der Waals surface area contributed by atoms with Crippen molar-refractivity contribution < 1.29 is 13.9 Å². The summed E-state index contributed by atoms with van der Waals surface area (Å²) in [6, 6.07) is 3.86. The minimum absolute atomic E-state index is 0.00381. The summed E-state index contributed by atoms with van der Waals surface area (Å²) in [5.41, 5.74) is 0.183. The van der Waals surface area contributed by atoms with Crippen molar-refractivity contribution in [1.82, 2.24) is 10.6 Å². The zero-order valence-electron chi connectivity index (χ0n) is 21.4. The van der Waals surface area contributed by atoms with Crippen molar-refractivity contribution in [3.63, 3.8) is 0 Å². The van der Waals surface area contributed by atoms with Gasteiger partial charge in [-0.1, -0.05) is 13.8 Å². The third kappa shape index (κ3) is 3.68. The van der Waals surface area contributed by atoms with Crippen molar-refractivity contribution in [1.29, 1.82) is 0 Å². The maximum Gasteiger partial charge on any atom is 0.335 e. The summed E-state index contributed by atoms with van der Waals surface area (Å²) < 4.78 is 19.7. The van der Waals surface area contributed by atoms with Crippen LogP contribution in [0.3, 0.4) is 0 Å². The molecular formula is C29H43FN2O3. The fourth-order valence-electron chi connectivity index (χ4n) is 9.79. The van der Waals surface area contributed by atoms with Crippen LogP contribution >= 0.6 is 0 Å². The molecule has 0 aromatic carbocycles. The van der Waals surface area contributed by atoms with E-state index in [4.69, 9.17) is 4.42 Å². The van der Waals surface area contributed by atoms with Gasteiger partial charge in [0, 0.05) is 30.1 Å². The molecule has 3 N–H and O–H groups in total. The zero-order valence-corrected chi connectivity index (χ0v) is 21.4. The minimum Gasteiger partial charge on any atom is -0.431 e. The first kappa shape index (κ1) is 24.1. The molecule has 1 aliphatic heterocycles. The predicted molar refractivity (Wildman–Crippen MR) is 134 cm³/mol. The lowest BCUT2D eigenvalue weighted by Gasteiger charge is -2.64. The number of piperidine rings is 1. The van der Waals surface area contributed by atoms with E-state index in [-0.39, 0.29) is 28.4 Å². The molecule has 1 aromatic rings. The van der Waals surface area contributed by atoms with Crippen molar-refractivity contribution in [2.75, 3.05) is 13.1 Å². The summed E-state index contributed by atoms with van der Waals surface area (Å²) in [6.07, 6.45) is 11.4. The Balaban J connectivity index is 1.19. The van der Waals surface area contributed by atoms with Crippen LogP contribution in [0.1, 0.15) is 89.5 Å². The maximum absolute atomic E-state index is 14.4. The van der Waals surface area contributed by atoms with Gasteiger partial charge in [-0.05, 0) is 111 Å². The zero-order chi connectivity index (χ0) is 24.4. The Hall–Kier alpha value is -1.24. The van der Waals surface area contributed by atoms with Gasteiger partial charge in [0.2, 0.25) is 0 Å². The molecule has 0 amide bonds. The van der Waals surface area contributed by atoms with E-state index in [9.17, 15) is 14.3 Å². The van der Waals surface area contributed by atoms with Crippen LogP contribution < -0.4 is 16.3 Å². The highest BCUT2D eigenvalue weighted by Crippen LogP contribution is 2.70. The summed E-state index contributed by atoms with van der Waals surface area (Å²) in [5, 5.41) is 19.3. The number of alkyl halides is 1. The van der Waals surface area contributed by atoms with Gasteiger partial charge in [0.05, 0.1) is 11.9 Å². The van der Waals surface area contributed by atoms with Crippen LogP contribution in [0, 0.1) is 28.6 Å². The predicted octanol–water partition coefficient (Wildman–Crippen LogP) is 4.54. The van der Waals surface area contributed by atoms with Crippen molar-refractivity contribution in [3.8, 4) is 0 Å². The fourth-order valence-corrected chi connectivity index (χ4v) is 9.79. The van der Waals surface area contributed by atoms with E-state index >= 15 is 0 Å². The van der Waals surface area contributed by atoms with E-state index in [1.165, 1.54) is 25.3 Å². The molecule has 35 heavy (non-hydrogen) atoms. The molecule has 10 atom stereocenters. The standard InChI is InChI=1S/C29H43FN2O3/c1-27-11-7-20(32-25-10-14-31-16-24(25)30)15-19(27)4-5-23-22(27)8-12-28(2)21(9-13-29(23,28)34)18-3-6-26(33)35-17-18/h3,6,17,19-25,31-32,34H,4-5,7-16H2,1-2H3/t19-,20+,21-,22+,23-,24+,25?,27+,28-,29+/m1/s1. The first-order valence-electron chi connectivity index (χ1n) is 14.2. The normalized spacial score (nSPS) is 49.7. The Morgan fingerprint density at radius 1 is 1.06 bits per heavy atom. The van der Waals surface area contributed by atoms with Gasteiger partial charge in [-0.3, -0.25) is 0 Å². The van der Waals surface area contributed by atoms with Crippen molar-refractivity contribution in [2.24, 2.45) is 28.6 Å². The molecule has 6 heteroatoms. The Morgan fingerprint density at radius 3 is 2.69 bits per heavy atom. The first-order valence-corrected chi connectivity index (χ1v) is 14.2. The van der Waals surface area contributed by atoms with E-state index in [1.54, 1.807) is 6.26 Å². The highest BCUT2D eigenvalue weighted by Gasteiger charge is 2.67. The van der Waals surface area contributed by atoms with Crippen LogP contribution in [-0.4, -0.2) is 42.1 Å². The Bertz CT molecular complexity index is 980. The number of nitrogens with one attached hydrogen (secondary N) is 2. The molecule has 194 valence electrons. The molecule has 0 radical (unpaired) electrons. The topological polar surface area (TPSA) is 74.5 Å². The van der Waals surface area contributed by atoms with Gasteiger partial charge in [-0.2, -0.15) is 0 Å². The molecule has 4 saturated carbocycles. The van der Waals surface area contributed by atoms with E-state index in [0.717, 1.165) is 57.1 Å². The van der Waals surface area contributed by atoms with Gasteiger partial charge in [0.25, 0.3) is 0 Å². The lowest BCUT2D eigenvalue weighted by molar-refractivity contribution is -0.202. The average molecular weight is 487 g/mol. The molecule has 0 bridgehead atoms. The third-order valence-corrected chi connectivity index (χ3v) is 11.8. The Morgan fingerprint density at radius 2 is 1.91 bits per heavy atom. The molecule has 0 spiro atoms. The lowest BCUT2D eigenvalue weighted by atomic mass is 9.43. The molecule has 2 heterocycles. The second-order valence-electron chi connectivity index (χ2n) is 13.1. The van der Waals surface area contributed by atoms with E-state index in [0.29, 0.717) is 30.3 Å². The summed E-state index contributed by atoms with van der Waals surface area (Å²) in [4.78, 5) is 11.5. The number of aliphatic hydroxyl groups is 1. The number of fused-ring (bicyclic) bond motifs is 5. The summed E-state index contributed by atoms with van der Waals surface area (Å²) >= 11 is 0. The molecule has 5 fully saturated rings. The Kier molecular flexibility index (Phi) is 5.97. The van der Waals surface area contributed by atoms with Gasteiger partial charge in [-0.25, -0.2) is 9.18 Å². The van der Waals surface area contributed by atoms with Gasteiger partial charge in [0.1, 0.15) is 6.17 Å². The second-order valence-corrected chi connectivity index (χ2v) is 13.1. The van der Waals surface area contributed by atoms with Crippen LogP contribution in [-0.2, 0) is 0 Å². The highest BCUT2D eigenvalue weighted by molar-refractivity contribution is 5.27. The molecule has 5 nitrogen and oxygen atoms in total. The first-order chi connectivity index (χ1) is 16.7. The van der Waals surface area contributed by atoms with Crippen LogP contribution in [0.25, 0.3) is 0 Å². The van der Waals surface area contributed by atoms with Gasteiger partial charge in [0.15, 0.2) is 0 Å².